The largest absolute Gasteiger partial charge is 0.444 e. The number of carbonyl (C=O) groups excluding carboxylic acids is 1. The molecule has 22 heavy (non-hydrogen) atoms. The van der Waals surface area contributed by atoms with Crippen molar-refractivity contribution in [2.75, 3.05) is 19.6 Å². The molecule has 1 amide bonds. The molecule has 0 unspecified atom stereocenters. The van der Waals surface area contributed by atoms with E-state index < -0.39 is 23.3 Å². The minimum absolute atomic E-state index is 0.00441. The molecular formula is C16H22F2N2O2. The number of piperazine rings is 1. The lowest BCUT2D eigenvalue weighted by atomic mass is 10.0. The van der Waals surface area contributed by atoms with Gasteiger partial charge in [-0.25, -0.2) is 13.6 Å². The molecule has 122 valence electrons. The molecule has 4 nitrogen and oxygen atoms in total. The van der Waals surface area contributed by atoms with E-state index in [1.807, 2.05) is 0 Å². The number of hydrogen-bond donors (Lipinski definition) is 1. The Balaban J connectivity index is 2.15. The minimum Gasteiger partial charge on any atom is -0.444 e. The van der Waals surface area contributed by atoms with Crippen LogP contribution in [0.4, 0.5) is 13.6 Å². The second-order valence-corrected chi connectivity index (χ2v) is 6.44. The van der Waals surface area contributed by atoms with Crippen LogP contribution in [0.3, 0.4) is 0 Å². The fourth-order valence-corrected chi connectivity index (χ4v) is 2.47. The van der Waals surface area contributed by atoms with E-state index in [0.717, 1.165) is 0 Å². The van der Waals surface area contributed by atoms with Crippen molar-refractivity contribution in [3.63, 3.8) is 0 Å². The van der Waals surface area contributed by atoms with E-state index in [2.05, 4.69) is 5.32 Å². The van der Waals surface area contributed by atoms with Crippen LogP contribution >= 0.6 is 0 Å². The standard InChI is InChI=1S/C16H22F2N2O2/c1-16(2,3)22-15(21)20-8-7-19-10-11(20)9-12-13(17)5-4-6-14(12)18/h4-6,11,19H,7-10H2,1-3H3/t11-/m0/s1. The highest BCUT2D eigenvalue weighted by atomic mass is 19.1. The highest BCUT2D eigenvalue weighted by Crippen LogP contribution is 2.19. The molecule has 1 N–H and O–H groups in total. The molecule has 1 aliphatic heterocycles. The second-order valence-electron chi connectivity index (χ2n) is 6.44. The van der Waals surface area contributed by atoms with Gasteiger partial charge in [0.25, 0.3) is 0 Å². The van der Waals surface area contributed by atoms with Gasteiger partial charge in [-0.15, -0.1) is 0 Å². The monoisotopic (exact) mass is 312 g/mol. The van der Waals surface area contributed by atoms with E-state index >= 15 is 0 Å². The molecule has 6 heteroatoms. The van der Waals surface area contributed by atoms with Crippen molar-refractivity contribution >= 4 is 6.09 Å². The Labute approximate surface area is 129 Å². The van der Waals surface area contributed by atoms with E-state index in [1.54, 1.807) is 25.7 Å². The molecule has 1 heterocycles. The van der Waals surface area contributed by atoms with Gasteiger partial charge >= 0.3 is 6.09 Å². The molecule has 0 aromatic heterocycles. The summed E-state index contributed by atoms with van der Waals surface area (Å²) >= 11 is 0. The molecule has 0 radical (unpaired) electrons. The zero-order valence-electron chi connectivity index (χ0n) is 13.2. The number of hydrogen-bond acceptors (Lipinski definition) is 3. The molecule has 1 aromatic carbocycles. The molecule has 2 rings (SSSR count). The van der Waals surface area contributed by atoms with Crippen LogP contribution in [0.25, 0.3) is 0 Å². The predicted octanol–water partition coefficient (Wildman–Crippen LogP) is 2.72. The Kier molecular flexibility index (Phi) is 5.01. The van der Waals surface area contributed by atoms with E-state index in [0.29, 0.717) is 19.6 Å². The van der Waals surface area contributed by atoms with Crippen molar-refractivity contribution in [1.29, 1.82) is 0 Å². The second kappa shape index (κ2) is 6.60. The third kappa shape index (κ3) is 4.16. The zero-order chi connectivity index (χ0) is 16.3. The fourth-order valence-electron chi connectivity index (χ4n) is 2.47. The van der Waals surface area contributed by atoms with Crippen LogP contribution in [0, 0.1) is 11.6 Å². The number of carbonyl (C=O) groups is 1. The summed E-state index contributed by atoms with van der Waals surface area (Å²) in [4.78, 5) is 13.8. The van der Waals surface area contributed by atoms with E-state index in [-0.39, 0.29) is 18.0 Å². The minimum atomic E-state index is -0.601. The first-order chi connectivity index (χ1) is 10.3. The van der Waals surface area contributed by atoms with Gasteiger partial charge in [0, 0.05) is 25.2 Å². The number of benzene rings is 1. The molecule has 0 aliphatic carbocycles. The summed E-state index contributed by atoms with van der Waals surface area (Å²) < 4.78 is 33.0. The molecule has 1 fully saturated rings. The lowest BCUT2D eigenvalue weighted by Gasteiger charge is -2.37. The van der Waals surface area contributed by atoms with Gasteiger partial charge in [-0.05, 0) is 39.3 Å². The topological polar surface area (TPSA) is 41.6 Å². The summed E-state index contributed by atoms with van der Waals surface area (Å²) in [6.07, 6.45) is -0.333. The van der Waals surface area contributed by atoms with E-state index in [1.165, 1.54) is 18.2 Å². The number of nitrogens with zero attached hydrogens (tertiary/aromatic N) is 1. The summed E-state index contributed by atoms with van der Waals surface area (Å²) in [5, 5.41) is 3.15. The van der Waals surface area contributed by atoms with Crippen molar-refractivity contribution < 1.29 is 18.3 Å². The van der Waals surface area contributed by atoms with Crippen LogP contribution in [0.5, 0.6) is 0 Å². The summed E-state index contributed by atoms with van der Waals surface area (Å²) in [6.45, 7) is 6.94. The molecule has 0 spiro atoms. The predicted molar refractivity (Wildman–Crippen MR) is 79.7 cm³/mol. The van der Waals surface area contributed by atoms with Crippen LogP contribution < -0.4 is 5.32 Å². The first kappa shape index (κ1) is 16.7. The van der Waals surface area contributed by atoms with E-state index in [9.17, 15) is 13.6 Å². The van der Waals surface area contributed by atoms with Gasteiger partial charge in [0.15, 0.2) is 0 Å². The van der Waals surface area contributed by atoms with Gasteiger partial charge in [0.2, 0.25) is 0 Å². The van der Waals surface area contributed by atoms with Crippen molar-refractivity contribution in [3.8, 4) is 0 Å². The third-order valence-electron chi connectivity index (χ3n) is 3.48. The molecule has 1 atom stereocenters. The average Bonchev–Trinajstić information content (AvgIpc) is 2.41. The van der Waals surface area contributed by atoms with Crippen LogP contribution in [-0.2, 0) is 11.2 Å². The Morgan fingerprint density at radius 3 is 2.59 bits per heavy atom. The maximum atomic E-state index is 13.8. The molecule has 1 aliphatic rings. The Bertz CT molecular complexity index is 523. The lowest BCUT2D eigenvalue weighted by molar-refractivity contribution is 0.0120. The summed E-state index contributed by atoms with van der Waals surface area (Å²) in [5.41, 5.74) is -0.597. The van der Waals surface area contributed by atoms with Gasteiger partial charge in [-0.3, -0.25) is 0 Å². The molecule has 0 bridgehead atoms. The summed E-state index contributed by atoms with van der Waals surface area (Å²) in [6, 6.07) is 3.45. The molecule has 0 saturated carbocycles. The van der Waals surface area contributed by atoms with Crippen LogP contribution in [-0.4, -0.2) is 42.3 Å². The first-order valence-corrected chi connectivity index (χ1v) is 7.41. The Morgan fingerprint density at radius 1 is 1.36 bits per heavy atom. The normalized spacial score (nSPS) is 19.1. The maximum Gasteiger partial charge on any atom is 0.410 e. The molecule has 1 aromatic rings. The molecule has 1 saturated heterocycles. The number of nitrogens with one attached hydrogen (secondary N) is 1. The highest BCUT2D eigenvalue weighted by Gasteiger charge is 2.31. The number of amides is 1. The number of rotatable bonds is 2. The number of ether oxygens (including phenoxy) is 1. The maximum absolute atomic E-state index is 13.8. The first-order valence-electron chi connectivity index (χ1n) is 7.41. The van der Waals surface area contributed by atoms with Gasteiger partial charge in [0.1, 0.15) is 17.2 Å². The van der Waals surface area contributed by atoms with Crippen molar-refractivity contribution in [1.82, 2.24) is 10.2 Å². The summed E-state index contributed by atoms with van der Waals surface area (Å²) in [7, 11) is 0. The number of halogens is 2. The Hall–Kier alpha value is -1.69. The SMILES string of the molecule is CC(C)(C)OC(=O)N1CCNC[C@@H]1Cc1c(F)cccc1F. The van der Waals surface area contributed by atoms with Gasteiger partial charge in [-0.1, -0.05) is 6.07 Å². The van der Waals surface area contributed by atoms with Crippen molar-refractivity contribution in [2.45, 2.75) is 38.8 Å². The average molecular weight is 312 g/mol. The summed E-state index contributed by atoms with van der Waals surface area (Å²) in [5.74, 6) is -1.18. The highest BCUT2D eigenvalue weighted by molar-refractivity contribution is 5.68. The van der Waals surface area contributed by atoms with Crippen LogP contribution in [0.15, 0.2) is 18.2 Å². The van der Waals surface area contributed by atoms with Gasteiger partial charge in [0.05, 0.1) is 6.04 Å². The van der Waals surface area contributed by atoms with Gasteiger partial charge in [-0.2, -0.15) is 0 Å². The van der Waals surface area contributed by atoms with E-state index in [4.69, 9.17) is 4.74 Å². The lowest BCUT2D eigenvalue weighted by Crippen LogP contribution is -2.55. The fraction of sp³-hybridized carbons (Fsp3) is 0.562. The molecular weight excluding hydrogens is 290 g/mol. The quantitative estimate of drug-likeness (QED) is 0.913. The van der Waals surface area contributed by atoms with Crippen molar-refractivity contribution in [3.05, 3.63) is 35.4 Å². The van der Waals surface area contributed by atoms with Crippen LogP contribution in [0.2, 0.25) is 0 Å². The zero-order valence-corrected chi connectivity index (χ0v) is 13.2. The van der Waals surface area contributed by atoms with Crippen LogP contribution in [0.1, 0.15) is 26.3 Å². The Morgan fingerprint density at radius 2 is 2.00 bits per heavy atom. The van der Waals surface area contributed by atoms with Crippen molar-refractivity contribution in [2.24, 2.45) is 0 Å². The van der Waals surface area contributed by atoms with Gasteiger partial charge < -0.3 is 15.0 Å². The smallest absolute Gasteiger partial charge is 0.410 e. The third-order valence-corrected chi connectivity index (χ3v) is 3.48.